The summed E-state index contributed by atoms with van der Waals surface area (Å²) in [6.07, 6.45) is 6.40. The van der Waals surface area contributed by atoms with Crippen LogP contribution in [0.15, 0.2) is 24.3 Å². The van der Waals surface area contributed by atoms with Gasteiger partial charge in [-0.2, -0.15) is 0 Å². The maximum Gasteiger partial charge on any atom is 0.220 e. The summed E-state index contributed by atoms with van der Waals surface area (Å²) in [4.78, 5) is 27.4. The fourth-order valence-electron chi connectivity index (χ4n) is 4.48. The molecule has 2 fully saturated rings. The first-order valence-corrected chi connectivity index (χ1v) is 11.0. The van der Waals surface area contributed by atoms with Crippen LogP contribution >= 0.6 is 0 Å². The van der Waals surface area contributed by atoms with Crippen LogP contribution < -0.4 is 10.1 Å². The van der Waals surface area contributed by atoms with Gasteiger partial charge in [0.25, 0.3) is 0 Å². The number of nitrogens with one attached hydrogen (secondary N) is 1. The van der Waals surface area contributed by atoms with E-state index < -0.39 is 0 Å². The second-order valence-electron chi connectivity index (χ2n) is 8.04. The van der Waals surface area contributed by atoms with Crippen molar-refractivity contribution in [2.45, 2.75) is 57.4 Å². The zero-order chi connectivity index (χ0) is 20.5. The van der Waals surface area contributed by atoms with Crippen molar-refractivity contribution in [3.05, 3.63) is 29.8 Å². The Morgan fingerprint density at radius 2 is 1.76 bits per heavy atom. The maximum atomic E-state index is 12.5. The summed E-state index contributed by atoms with van der Waals surface area (Å²) in [5.74, 6) is 0.703. The Labute approximate surface area is 173 Å². The molecule has 29 heavy (non-hydrogen) atoms. The van der Waals surface area contributed by atoms with E-state index >= 15 is 0 Å². The van der Waals surface area contributed by atoms with Gasteiger partial charge in [-0.3, -0.25) is 14.5 Å². The number of hydrogen-bond donors (Lipinski definition) is 1. The Morgan fingerprint density at radius 3 is 2.41 bits per heavy atom. The van der Waals surface area contributed by atoms with E-state index in [4.69, 9.17) is 9.47 Å². The second-order valence-corrected chi connectivity index (χ2v) is 8.04. The van der Waals surface area contributed by atoms with Crippen LogP contribution in [0.3, 0.4) is 0 Å². The van der Waals surface area contributed by atoms with Crippen molar-refractivity contribution in [1.82, 2.24) is 10.2 Å². The summed E-state index contributed by atoms with van der Waals surface area (Å²) in [5.41, 5.74) is 0.676. The standard InChI is InChI=1S/C23H34N2O4/c1-2-29-20-8-6-19(7-9-20)21(26)10-11-22(27)24-18-23(12-4-3-5-13-23)25-14-16-28-17-15-25/h6-9H,2-5,10-18H2,1H3,(H,24,27). The van der Waals surface area contributed by atoms with E-state index in [-0.39, 0.29) is 30.1 Å². The van der Waals surface area contributed by atoms with Crippen molar-refractivity contribution in [3.8, 4) is 5.75 Å². The van der Waals surface area contributed by atoms with Gasteiger partial charge >= 0.3 is 0 Å². The topological polar surface area (TPSA) is 67.9 Å². The van der Waals surface area contributed by atoms with Gasteiger partial charge in [-0.1, -0.05) is 19.3 Å². The van der Waals surface area contributed by atoms with Crippen molar-refractivity contribution in [2.75, 3.05) is 39.5 Å². The lowest BCUT2D eigenvalue weighted by molar-refractivity contribution is -0.122. The Morgan fingerprint density at radius 1 is 1.07 bits per heavy atom. The molecule has 3 rings (SSSR count). The van der Waals surface area contributed by atoms with Gasteiger partial charge in [-0.15, -0.1) is 0 Å². The third-order valence-electron chi connectivity index (χ3n) is 6.15. The van der Waals surface area contributed by atoms with Gasteiger partial charge in [0.05, 0.1) is 19.8 Å². The molecule has 1 heterocycles. The van der Waals surface area contributed by atoms with Crippen molar-refractivity contribution in [1.29, 1.82) is 0 Å². The van der Waals surface area contributed by atoms with Gasteiger partial charge in [0.2, 0.25) is 5.91 Å². The van der Waals surface area contributed by atoms with Gasteiger partial charge < -0.3 is 14.8 Å². The molecule has 1 aromatic rings. The molecule has 6 heteroatoms. The highest BCUT2D eigenvalue weighted by Gasteiger charge is 2.38. The summed E-state index contributed by atoms with van der Waals surface area (Å²) < 4.78 is 10.9. The number of morpholine rings is 1. The zero-order valence-electron chi connectivity index (χ0n) is 17.6. The highest BCUT2D eigenvalue weighted by molar-refractivity contribution is 5.98. The molecule has 0 aromatic heterocycles. The fraction of sp³-hybridized carbons (Fsp3) is 0.652. The number of rotatable bonds is 9. The smallest absolute Gasteiger partial charge is 0.220 e. The molecule has 2 aliphatic rings. The number of ether oxygens (including phenoxy) is 2. The predicted octanol–water partition coefficient (Wildman–Crippen LogP) is 3.20. The molecule has 1 saturated heterocycles. The molecule has 1 N–H and O–H groups in total. The van der Waals surface area contributed by atoms with E-state index in [2.05, 4.69) is 10.2 Å². The second kappa shape index (κ2) is 10.7. The molecule has 1 aliphatic heterocycles. The Hall–Kier alpha value is -1.92. The summed E-state index contributed by atoms with van der Waals surface area (Å²) in [6.45, 7) is 6.60. The zero-order valence-corrected chi connectivity index (χ0v) is 17.6. The van der Waals surface area contributed by atoms with Crippen LogP contribution in [0, 0.1) is 0 Å². The molecular weight excluding hydrogens is 368 g/mol. The average molecular weight is 403 g/mol. The maximum absolute atomic E-state index is 12.5. The molecule has 1 aliphatic carbocycles. The number of carbonyl (C=O) groups excluding carboxylic acids is 2. The quantitative estimate of drug-likeness (QED) is 0.643. The third-order valence-corrected chi connectivity index (χ3v) is 6.15. The number of benzene rings is 1. The number of hydrogen-bond acceptors (Lipinski definition) is 5. The number of Topliss-reactive ketones (excluding diaryl/α,β-unsaturated/α-hetero) is 1. The minimum atomic E-state index is -0.0394. The van der Waals surface area contributed by atoms with Crippen LogP contribution in [0.4, 0.5) is 0 Å². The lowest BCUT2D eigenvalue weighted by Crippen LogP contribution is -2.59. The highest BCUT2D eigenvalue weighted by Crippen LogP contribution is 2.33. The highest BCUT2D eigenvalue weighted by atomic mass is 16.5. The Bertz CT molecular complexity index is 662. The van der Waals surface area contributed by atoms with Gasteiger partial charge in [-0.25, -0.2) is 0 Å². The number of nitrogens with zero attached hydrogens (tertiary/aromatic N) is 1. The molecule has 1 aromatic carbocycles. The minimum Gasteiger partial charge on any atom is -0.494 e. The first-order valence-electron chi connectivity index (χ1n) is 11.0. The van der Waals surface area contributed by atoms with Crippen LogP contribution in [0.25, 0.3) is 0 Å². The van der Waals surface area contributed by atoms with Crippen LogP contribution in [0.5, 0.6) is 5.75 Å². The lowest BCUT2D eigenvalue weighted by atomic mass is 9.79. The SMILES string of the molecule is CCOc1ccc(C(=O)CCC(=O)NCC2(N3CCOCC3)CCCCC2)cc1. The van der Waals surface area contributed by atoms with Crippen molar-refractivity contribution in [3.63, 3.8) is 0 Å². The molecule has 6 nitrogen and oxygen atoms in total. The van der Waals surface area contributed by atoms with Crippen molar-refractivity contribution < 1.29 is 19.1 Å². The number of ketones is 1. The van der Waals surface area contributed by atoms with E-state index in [1.165, 1.54) is 19.3 Å². The fourth-order valence-corrected chi connectivity index (χ4v) is 4.48. The van der Waals surface area contributed by atoms with E-state index in [0.717, 1.165) is 44.9 Å². The monoisotopic (exact) mass is 402 g/mol. The number of amides is 1. The Kier molecular flexibility index (Phi) is 8.07. The van der Waals surface area contributed by atoms with Gasteiger partial charge in [-0.05, 0) is 44.0 Å². The molecule has 0 radical (unpaired) electrons. The summed E-state index contributed by atoms with van der Waals surface area (Å²) in [5, 5.41) is 3.13. The summed E-state index contributed by atoms with van der Waals surface area (Å²) >= 11 is 0. The molecule has 0 atom stereocenters. The molecule has 1 amide bonds. The third kappa shape index (κ3) is 6.03. The summed E-state index contributed by atoms with van der Waals surface area (Å²) in [6, 6.07) is 7.12. The van der Waals surface area contributed by atoms with Crippen molar-refractivity contribution in [2.24, 2.45) is 0 Å². The number of carbonyl (C=O) groups is 2. The Balaban J connectivity index is 1.48. The molecule has 160 valence electrons. The molecule has 0 spiro atoms. The van der Waals surface area contributed by atoms with Gasteiger partial charge in [0.1, 0.15) is 5.75 Å². The van der Waals surface area contributed by atoms with Crippen LogP contribution in [-0.4, -0.2) is 61.6 Å². The first-order chi connectivity index (χ1) is 14.1. The lowest BCUT2D eigenvalue weighted by Gasteiger charge is -2.48. The molecule has 0 unspecified atom stereocenters. The largest absolute Gasteiger partial charge is 0.494 e. The van der Waals surface area contributed by atoms with E-state index in [1.807, 2.05) is 6.92 Å². The first kappa shape index (κ1) is 21.8. The predicted molar refractivity (Wildman–Crippen MR) is 112 cm³/mol. The van der Waals surface area contributed by atoms with Crippen LogP contribution in [0.2, 0.25) is 0 Å². The van der Waals surface area contributed by atoms with E-state index in [9.17, 15) is 9.59 Å². The minimum absolute atomic E-state index is 0.0104. The van der Waals surface area contributed by atoms with Crippen LogP contribution in [0.1, 0.15) is 62.2 Å². The van der Waals surface area contributed by atoms with E-state index in [1.54, 1.807) is 24.3 Å². The molecule has 1 saturated carbocycles. The van der Waals surface area contributed by atoms with Crippen LogP contribution in [-0.2, 0) is 9.53 Å². The molecular formula is C23H34N2O4. The van der Waals surface area contributed by atoms with Crippen molar-refractivity contribution >= 4 is 11.7 Å². The van der Waals surface area contributed by atoms with Gasteiger partial charge in [0.15, 0.2) is 5.78 Å². The van der Waals surface area contributed by atoms with Gasteiger partial charge in [0, 0.05) is 43.6 Å². The average Bonchev–Trinajstić information content (AvgIpc) is 2.78. The summed E-state index contributed by atoms with van der Waals surface area (Å²) in [7, 11) is 0. The normalized spacial score (nSPS) is 19.5. The molecule has 0 bridgehead atoms. The van der Waals surface area contributed by atoms with E-state index in [0.29, 0.717) is 18.7 Å².